The third-order valence-electron chi connectivity index (χ3n) is 4.80. The maximum Gasteiger partial charge on any atom is 0.224 e. The molecular weight excluding hydrogens is 328 g/mol. The zero-order valence-corrected chi connectivity index (χ0v) is 14.8. The highest BCUT2D eigenvalue weighted by molar-refractivity contribution is 5.79. The molecule has 1 atom stereocenters. The first-order valence-electron chi connectivity index (χ1n) is 8.93. The van der Waals surface area contributed by atoms with Gasteiger partial charge in [-0.2, -0.15) is 5.10 Å². The summed E-state index contributed by atoms with van der Waals surface area (Å²) in [4.78, 5) is 18.8. The number of aromatic nitrogens is 3. The molecule has 1 aliphatic rings. The highest BCUT2D eigenvalue weighted by Crippen LogP contribution is 2.23. The topological polar surface area (TPSA) is 60.2 Å². The lowest BCUT2D eigenvalue weighted by molar-refractivity contribution is -0.139. The number of carbonyl (C=O) groups excluding carboxylic acids is 1. The molecule has 1 amide bonds. The fourth-order valence-corrected chi connectivity index (χ4v) is 3.41. The predicted molar refractivity (Wildman–Crippen MR) is 98.6 cm³/mol. The molecule has 0 spiro atoms. The molecule has 3 aromatic rings. The van der Waals surface area contributed by atoms with E-state index in [9.17, 15) is 4.79 Å². The highest BCUT2D eigenvalue weighted by atomic mass is 16.5. The summed E-state index contributed by atoms with van der Waals surface area (Å²) in [5.41, 5.74) is 3.10. The van der Waals surface area contributed by atoms with Crippen molar-refractivity contribution in [3.05, 3.63) is 60.0 Å². The Kier molecular flexibility index (Phi) is 4.67. The van der Waals surface area contributed by atoms with Gasteiger partial charge in [0.1, 0.15) is 6.10 Å². The molecular formula is C20H22N4O2. The smallest absolute Gasteiger partial charge is 0.224 e. The van der Waals surface area contributed by atoms with Crippen LogP contribution in [0.1, 0.15) is 23.8 Å². The second kappa shape index (κ2) is 7.25. The summed E-state index contributed by atoms with van der Waals surface area (Å²) in [6.07, 6.45) is 3.99. The van der Waals surface area contributed by atoms with Crippen LogP contribution in [0.4, 0.5) is 0 Å². The molecule has 1 aliphatic heterocycles. The van der Waals surface area contributed by atoms with E-state index in [2.05, 4.69) is 10.1 Å². The van der Waals surface area contributed by atoms with Crippen LogP contribution in [0.5, 0.6) is 0 Å². The average molecular weight is 350 g/mol. The number of carbonyl (C=O) groups is 1. The van der Waals surface area contributed by atoms with Crippen molar-refractivity contribution in [3.8, 4) is 0 Å². The summed E-state index contributed by atoms with van der Waals surface area (Å²) in [6, 6.07) is 12.0. The van der Waals surface area contributed by atoms with Crippen LogP contribution in [0.2, 0.25) is 0 Å². The number of pyridine rings is 1. The molecule has 6 heteroatoms. The van der Waals surface area contributed by atoms with E-state index < -0.39 is 0 Å². The minimum Gasteiger partial charge on any atom is -0.370 e. The van der Waals surface area contributed by atoms with Crippen molar-refractivity contribution in [2.45, 2.75) is 26.0 Å². The number of ether oxygens (including phenoxy) is 1. The van der Waals surface area contributed by atoms with Crippen LogP contribution in [-0.4, -0.2) is 45.3 Å². The number of aryl methyl sites for hydroxylation is 2. The second-order valence-corrected chi connectivity index (χ2v) is 6.61. The molecule has 1 aromatic carbocycles. The van der Waals surface area contributed by atoms with E-state index in [1.165, 1.54) is 0 Å². The zero-order valence-electron chi connectivity index (χ0n) is 14.8. The van der Waals surface area contributed by atoms with Crippen LogP contribution >= 0.6 is 0 Å². The number of fused-ring (bicyclic) bond motifs is 1. The first kappa shape index (κ1) is 16.7. The quantitative estimate of drug-likeness (QED) is 0.726. The summed E-state index contributed by atoms with van der Waals surface area (Å²) in [5, 5.41) is 5.50. The van der Waals surface area contributed by atoms with Gasteiger partial charge in [-0.1, -0.05) is 18.2 Å². The minimum absolute atomic E-state index is 0.0834. The lowest BCUT2D eigenvalue weighted by atomic mass is 10.1. The molecule has 0 N–H and O–H groups in total. The standard InChI is InChI=1S/C20H22N4O2/c1-15-12-16(6-8-21-15)19-14-23(10-11-26-19)20(25)7-9-24-18-5-3-2-4-17(18)13-22-24/h2-6,8,12-13,19H,7,9-11,14H2,1H3/t19-/m1/s1. The Hall–Kier alpha value is -2.73. The Balaban J connectivity index is 1.40. The number of hydrogen-bond acceptors (Lipinski definition) is 4. The lowest BCUT2D eigenvalue weighted by Gasteiger charge is -2.33. The van der Waals surface area contributed by atoms with E-state index in [1.54, 1.807) is 6.20 Å². The first-order valence-corrected chi connectivity index (χ1v) is 8.93. The molecule has 26 heavy (non-hydrogen) atoms. The van der Waals surface area contributed by atoms with Crippen LogP contribution in [0.25, 0.3) is 10.9 Å². The van der Waals surface area contributed by atoms with Crippen molar-refractivity contribution in [2.24, 2.45) is 0 Å². The second-order valence-electron chi connectivity index (χ2n) is 6.61. The summed E-state index contributed by atoms with van der Waals surface area (Å²) < 4.78 is 7.77. The van der Waals surface area contributed by atoms with Crippen molar-refractivity contribution in [3.63, 3.8) is 0 Å². The van der Waals surface area contributed by atoms with Gasteiger partial charge < -0.3 is 9.64 Å². The van der Waals surface area contributed by atoms with Gasteiger partial charge in [0.2, 0.25) is 5.91 Å². The SMILES string of the molecule is Cc1cc([C@H]2CN(C(=O)CCn3ncc4ccccc43)CCO2)ccn1. The van der Waals surface area contributed by atoms with E-state index >= 15 is 0 Å². The van der Waals surface area contributed by atoms with Crippen LogP contribution in [-0.2, 0) is 16.1 Å². The third kappa shape index (κ3) is 3.46. The Morgan fingerprint density at radius 1 is 1.31 bits per heavy atom. The van der Waals surface area contributed by atoms with Gasteiger partial charge in [0.15, 0.2) is 0 Å². The third-order valence-corrected chi connectivity index (χ3v) is 4.80. The van der Waals surface area contributed by atoms with Crippen molar-refractivity contribution in [2.75, 3.05) is 19.7 Å². The number of para-hydroxylation sites is 1. The van der Waals surface area contributed by atoms with E-state index in [0.717, 1.165) is 22.2 Å². The van der Waals surface area contributed by atoms with Crippen LogP contribution in [0, 0.1) is 6.92 Å². The van der Waals surface area contributed by atoms with Gasteiger partial charge in [-0.15, -0.1) is 0 Å². The molecule has 0 bridgehead atoms. The molecule has 1 saturated heterocycles. The van der Waals surface area contributed by atoms with Gasteiger partial charge in [-0.3, -0.25) is 14.5 Å². The Labute approximate surface area is 152 Å². The fourth-order valence-electron chi connectivity index (χ4n) is 3.41. The van der Waals surface area contributed by atoms with Gasteiger partial charge >= 0.3 is 0 Å². The molecule has 134 valence electrons. The maximum absolute atomic E-state index is 12.7. The van der Waals surface area contributed by atoms with Gasteiger partial charge in [-0.05, 0) is 30.7 Å². The molecule has 1 fully saturated rings. The minimum atomic E-state index is -0.0834. The Morgan fingerprint density at radius 2 is 2.19 bits per heavy atom. The molecule has 0 radical (unpaired) electrons. The monoisotopic (exact) mass is 350 g/mol. The van der Waals surface area contributed by atoms with E-state index in [4.69, 9.17) is 4.74 Å². The van der Waals surface area contributed by atoms with Crippen molar-refractivity contribution < 1.29 is 9.53 Å². The zero-order chi connectivity index (χ0) is 17.9. The van der Waals surface area contributed by atoms with Crippen molar-refractivity contribution in [1.29, 1.82) is 0 Å². The number of amides is 1. The molecule has 0 aliphatic carbocycles. The lowest BCUT2D eigenvalue weighted by Crippen LogP contribution is -2.42. The fraction of sp³-hybridized carbons (Fsp3) is 0.350. The number of nitrogens with zero attached hydrogens (tertiary/aromatic N) is 4. The summed E-state index contributed by atoms with van der Waals surface area (Å²) in [5.74, 6) is 0.142. The predicted octanol–water partition coefficient (Wildman–Crippen LogP) is 2.73. The van der Waals surface area contributed by atoms with Gasteiger partial charge in [0, 0.05) is 30.2 Å². The summed E-state index contributed by atoms with van der Waals surface area (Å²) in [7, 11) is 0. The normalized spacial score (nSPS) is 17.6. The Bertz CT molecular complexity index is 921. The van der Waals surface area contributed by atoms with Crippen molar-refractivity contribution >= 4 is 16.8 Å². The number of morpholine rings is 1. The van der Waals surface area contributed by atoms with Crippen LogP contribution < -0.4 is 0 Å². The summed E-state index contributed by atoms with van der Waals surface area (Å²) >= 11 is 0. The van der Waals surface area contributed by atoms with E-state index in [0.29, 0.717) is 32.7 Å². The Morgan fingerprint density at radius 3 is 3.08 bits per heavy atom. The van der Waals surface area contributed by atoms with Gasteiger partial charge in [0.25, 0.3) is 0 Å². The number of hydrogen-bond donors (Lipinski definition) is 0. The average Bonchev–Trinajstić information content (AvgIpc) is 3.09. The van der Waals surface area contributed by atoms with Crippen molar-refractivity contribution in [1.82, 2.24) is 19.7 Å². The molecule has 4 rings (SSSR count). The van der Waals surface area contributed by atoms with Gasteiger partial charge in [0.05, 0.1) is 31.4 Å². The molecule has 6 nitrogen and oxygen atoms in total. The maximum atomic E-state index is 12.7. The van der Waals surface area contributed by atoms with E-state index in [-0.39, 0.29) is 12.0 Å². The number of benzene rings is 1. The molecule has 2 aromatic heterocycles. The highest BCUT2D eigenvalue weighted by Gasteiger charge is 2.25. The first-order chi connectivity index (χ1) is 12.7. The van der Waals surface area contributed by atoms with Crippen LogP contribution in [0.15, 0.2) is 48.8 Å². The largest absolute Gasteiger partial charge is 0.370 e. The van der Waals surface area contributed by atoms with E-state index in [1.807, 2.05) is 59.1 Å². The summed E-state index contributed by atoms with van der Waals surface area (Å²) in [6.45, 7) is 4.33. The van der Waals surface area contributed by atoms with Gasteiger partial charge in [-0.25, -0.2) is 0 Å². The molecule has 3 heterocycles. The number of rotatable bonds is 4. The molecule has 0 saturated carbocycles. The van der Waals surface area contributed by atoms with Crippen LogP contribution in [0.3, 0.4) is 0 Å². The molecule has 0 unspecified atom stereocenters.